The molecule has 0 aliphatic rings. The third-order valence-electron chi connectivity index (χ3n) is 4.76. The van der Waals surface area contributed by atoms with Crippen molar-refractivity contribution in [3.8, 4) is 17.6 Å². The number of benzene rings is 3. The molecule has 7 heteroatoms. The van der Waals surface area contributed by atoms with E-state index in [1.165, 1.54) is 14.2 Å². The summed E-state index contributed by atoms with van der Waals surface area (Å²) >= 11 is 0. The summed E-state index contributed by atoms with van der Waals surface area (Å²) in [6, 6.07) is 26.2. The van der Waals surface area contributed by atoms with Gasteiger partial charge in [-0.25, -0.2) is 4.79 Å². The van der Waals surface area contributed by atoms with E-state index >= 15 is 0 Å². The van der Waals surface area contributed by atoms with E-state index in [-0.39, 0.29) is 12.2 Å². The first-order valence-corrected chi connectivity index (χ1v) is 10.4. The van der Waals surface area contributed by atoms with Gasteiger partial charge in [-0.1, -0.05) is 47.6 Å². The fourth-order valence-electron chi connectivity index (χ4n) is 2.99. The monoisotopic (exact) mass is 456 g/mol. The largest absolute Gasteiger partial charge is 0.489 e. The lowest BCUT2D eigenvalue weighted by Crippen LogP contribution is -2.13. The lowest BCUT2D eigenvalue weighted by Gasteiger charge is -2.10. The Labute approximate surface area is 198 Å². The van der Waals surface area contributed by atoms with Gasteiger partial charge in [-0.2, -0.15) is 5.26 Å². The zero-order chi connectivity index (χ0) is 24.2. The summed E-state index contributed by atoms with van der Waals surface area (Å²) in [7, 11) is 2.77. The molecule has 0 saturated heterocycles. The number of hydrogen-bond acceptors (Lipinski definition) is 7. The van der Waals surface area contributed by atoms with Gasteiger partial charge < -0.3 is 19.0 Å². The molecule has 0 fully saturated rings. The molecule has 0 bridgehead atoms. The molecule has 0 saturated carbocycles. The highest BCUT2D eigenvalue weighted by molar-refractivity contribution is 6.01. The van der Waals surface area contributed by atoms with Gasteiger partial charge in [0.05, 0.1) is 12.7 Å². The van der Waals surface area contributed by atoms with Crippen molar-refractivity contribution in [1.82, 2.24) is 0 Å². The van der Waals surface area contributed by atoms with Gasteiger partial charge in [-0.15, -0.1) is 0 Å². The van der Waals surface area contributed by atoms with Gasteiger partial charge in [0.1, 0.15) is 43.6 Å². The maximum absolute atomic E-state index is 11.4. The van der Waals surface area contributed by atoms with Gasteiger partial charge in [0.25, 0.3) is 0 Å². The van der Waals surface area contributed by atoms with Crippen LogP contribution in [-0.2, 0) is 21.0 Å². The molecule has 3 aromatic carbocycles. The summed E-state index contributed by atoms with van der Waals surface area (Å²) in [5.74, 6) is 0.767. The Morgan fingerprint density at radius 3 is 2.15 bits per heavy atom. The van der Waals surface area contributed by atoms with Crippen molar-refractivity contribution in [2.24, 2.45) is 5.16 Å². The maximum atomic E-state index is 11.4. The summed E-state index contributed by atoms with van der Waals surface area (Å²) in [4.78, 5) is 16.3. The van der Waals surface area contributed by atoms with Crippen LogP contribution in [0.1, 0.15) is 16.7 Å². The number of esters is 1. The van der Waals surface area contributed by atoms with Crippen molar-refractivity contribution in [1.29, 1.82) is 5.26 Å². The van der Waals surface area contributed by atoms with Crippen molar-refractivity contribution in [2.45, 2.75) is 6.61 Å². The molecule has 7 nitrogen and oxygen atoms in total. The predicted octanol–water partition coefficient (Wildman–Crippen LogP) is 4.78. The normalized spacial score (nSPS) is 11.3. The fraction of sp³-hybridized carbons (Fsp3) is 0.148. The second-order valence-electron chi connectivity index (χ2n) is 7.03. The third kappa shape index (κ3) is 6.97. The van der Waals surface area contributed by atoms with Crippen LogP contribution in [0, 0.1) is 11.3 Å². The Morgan fingerprint density at radius 2 is 1.53 bits per heavy atom. The van der Waals surface area contributed by atoms with Gasteiger partial charge in [0.15, 0.2) is 0 Å². The van der Waals surface area contributed by atoms with Gasteiger partial charge >= 0.3 is 5.97 Å². The fourth-order valence-corrected chi connectivity index (χ4v) is 2.99. The average molecular weight is 456 g/mol. The average Bonchev–Trinajstić information content (AvgIpc) is 2.89. The topological polar surface area (TPSA) is 90.1 Å². The predicted molar refractivity (Wildman–Crippen MR) is 128 cm³/mol. The van der Waals surface area contributed by atoms with Crippen LogP contribution in [0.4, 0.5) is 0 Å². The zero-order valence-corrected chi connectivity index (χ0v) is 18.9. The van der Waals surface area contributed by atoms with Crippen LogP contribution in [0.2, 0.25) is 0 Å². The SMILES string of the molecule is CO/N=C(\COc1ccc(COc2ccc(/C(C#N)=C/C(=O)OC)cc2)cc1)c1ccccc1. The molecule has 34 heavy (non-hydrogen) atoms. The molecule has 0 amide bonds. The molecule has 0 aliphatic heterocycles. The van der Waals surface area contributed by atoms with Crippen LogP contribution in [0.3, 0.4) is 0 Å². The van der Waals surface area contributed by atoms with Crippen molar-refractivity contribution in [3.63, 3.8) is 0 Å². The number of nitriles is 1. The molecule has 3 rings (SSSR count). The molecule has 0 heterocycles. The quantitative estimate of drug-likeness (QED) is 0.143. The first-order chi connectivity index (χ1) is 16.6. The number of oxime groups is 1. The Hall–Kier alpha value is -4.57. The summed E-state index contributed by atoms with van der Waals surface area (Å²) in [5, 5.41) is 13.3. The van der Waals surface area contributed by atoms with E-state index < -0.39 is 5.97 Å². The highest BCUT2D eigenvalue weighted by Crippen LogP contribution is 2.20. The van der Waals surface area contributed by atoms with E-state index in [1.807, 2.05) is 60.7 Å². The van der Waals surface area contributed by atoms with Gasteiger partial charge in [0.2, 0.25) is 0 Å². The van der Waals surface area contributed by atoms with Crippen molar-refractivity contribution in [2.75, 3.05) is 20.8 Å². The number of carbonyl (C=O) groups is 1. The van der Waals surface area contributed by atoms with Gasteiger partial charge in [-0.05, 0) is 47.5 Å². The lowest BCUT2D eigenvalue weighted by molar-refractivity contribution is -0.134. The summed E-state index contributed by atoms with van der Waals surface area (Å²) in [6.07, 6.45) is 1.16. The highest BCUT2D eigenvalue weighted by atomic mass is 16.6. The van der Waals surface area contributed by atoms with E-state index in [0.29, 0.717) is 29.4 Å². The Morgan fingerprint density at radius 1 is 0.882 bits per heavy atom. The minimum absolute atomic E-state index is 0.222. The Kier molecular flexibility index (Phi) is 8.83. The lowest BCUT2D eigenvalue weighted by atomic mass is 10.1. The molecule has 0 unspecified atom stereocenters. The van der Waals surface area contributed by atoms with Gasteiger partial charge in [0, 0.05) is 11.6 Å². The second-order valence-corrected chi connectivity index (χ2v) is 7.03. The third-order valence-corrected chi connectivity index (χ3v) is 4.76. The van der Waals surface area contributed by atoms with Crippen LogP contribution < -0.4 is 9.47 Å². The molecule has 172 valence electrons. The van der Waals surface area contributed by atoms with E-state index in [4.69, 9.17) is 14.3 Å². The molecular formula is C27H24N2O5. The first-order valence-electron chi connectivity index (χ1n) is 10.4. The van der Waals surface area contributed by atoms with Crippen LogP contribution >= 0.6 is 0 Å². The Bertz CT molecular complexity index is 1180. The van der Waals surface area contributed by atoms with Crippen LogP contribution in [-0.4, -0.2) is 32.5 Å². The van der Waals surface area contributed by atoms with Crippen molar-refractivity contribution >= 4 is 17.3 Å². The number of ether oxygens (including phenoxy) is 3. The molecule has 0 aliphatic carbocycles. The number of carbonyl (C=O) groups excluding carboxylic acids is 1. The second kappa shape index (κ2) is 12.5. The van der Waals surface area contributed by atoms with Gasteiger partial charge in [-0.3, -0.25) is 0 Å². The molecule has 0 N–H and O–H groups in total. The number of allylic oxidation sites excluding steroid dienone is 1. The molecule has 0 radical (unpaired) electrons. The number of methoxy groups -OCH3 is 1. The summed E-state index contributed by atoms with van der Waals surface area (Å²) in [6.45, 7) is 0.637. The van der Waals surface area contributed by atoms with E-state index in [9.17, 15) is 10.1 Å². The highest BCUT2D eigenvalue weighted by Gasteiger charge is 2.07. The number of rotatable bonds is 10. The maximum Gasteiger partial charge on any atom is 0.331 e. The van der Waals surface area contributed by atoms with E-state index in [0.717, 1.165) is 17.2 Å². The zero-order valence-electron chi connectivity index (χ0n) is 18.9. The minimum atomic E-state index is -0.577. The standard InChI is InChI=1S/C27H24N2O5/c1-31-27(30)16-23(17-28)21-10-14-25(15-11-21)33-18-20-8-12-24(13-9-20)34-19-26(29-32-2)22-6-4-3-5-7-22/h3-16H,18-19H2,1-2H3/b23-16+,29-26+. The smallest absolute Gasteiger partial charge is 0.331 e. The Balaban J connectivity index is 1.55. The van der Waals surface area contributed by atoms with Crippen molar-refractivity contribution < 1.29 is 23.8 Å². The molecule has 0 spiro atoms. The molecular weight excluding hydrogens is 432 g/mol. The number of nitrogens with zero attached hydrogens (tertiary/aromatic N) is 2. The van der Waals surface area contributed by atoms with E-state index in [1.54, 1.807) is 24.3 Å². The molecule has 0 atom stereocenters. The van der Waals surface area contributed by atoms with Crippen LogP contribution in [0.25, 0.3) is 5.57 Å². The number of hydrogen-bond donors (Lipinski definition) is 0. The molecule has 3 aromatic rings. The summed E-state index contributed by atoms with van der Waals surface area (Å²) in [5.41, 5.74) is 3.42. The van der Waals surface area contributed by atoms with Crippen molar-refractivity contribution in [3.05, 3.63) is 102 Å². The van der Waals surface area contributed by atoms with Crippen LogP contribution in [0.5, 0.6) is 11.5 Å². The molecule has 0 aromatic heterocycles. The first kappa shape index (κ1) is 24.1. The minimum Gasteiger partial charge on any atom is -0.489 e. The van der Waals surface area contributed by atoms with Crippen LogP contribution in [0.15, 0.2) is 90.1 Å². The summed E-state index contributed by atoms with van der Waals surface area (Å²) < 4.78 is 16.2. The van der Waals surface area contributed by atoms with E-state index in [2.05, 4.69) is 9.89 Å².